The van der Waals surface area contributed by atoms with Gasteiger partial charge in [0.25, 0.3) is 5.56 Å². The highest BCUT2D eigenvalue weighted by molar-refractivity contribution is 7.99. The SMILES string of the molecule is CCCCCSc1nc2c(cnn2-c2ccc(Cl)cc2)c(=O)[nH]1. The molecule has 7 heteroatoms. The van der Waals surface area contributed by atoms with Gasteiger partial charge in [-0.2, -0.15) is 5.10 Å². The molecule has 0 saturated carbocycles. The van der Waals surface area contributed by atoms with Gasteiger partial charge >= 0.3 is 0 Å². The molecule has 0 aliphatic heterocycles. The van der Waals surface area contributed by atoms with E-state index >= 15 is 0 Å². The largest absolute Gasteiger partial charge is 0.301 e. The number of unbranched alkanes of at least 4 members (excludes halogenated alkanes) is 2. The van der Waals surface area contributed by atoms with Crippen LogP contribution in [0.4, 0.5) is 0 Å². The fourth-order valence-electron chi connectivity index (χ4n) is 2.26. The zero-order valence-electron chi connectivity index (χ0n) is 12.8. The molecule has 2 aromatic heterocycles. The van der Waals surface area contributed by atoms with E-state index in [2.05, 4.69) is 22.0 Å². The molecule has 0 aliphatic carbocycles. The van der Waals surface area contributed by atoms with E-state index < -0.39 is 0 Å². The highest BCUT2D eigenvalue weighted by Crippen LogP contribution is 2.20. The first-order valence-electron chi connectivity index (χ1n) is 7.56. The lowest BCUT2D eigenvalue weighted by molar-refractivity contribution is 0.777. The number of fused-ring (bicyclic) bond motifs is 1. The summed E-state index contributed by atoms with van der Waals surface area (Å²) in [4.78, 5) is 19.6. The van der Waals surface area contributed by atoms with E-state index in [-0.39, 0.29) is 5.56 Å². The van der Waals surface area contributed by atoms with Gasteiger partial charge in [0.1, 0.15) is 5.39 Å². The Labute approximate surface area is 143 Å². The van der Waals surface area contributed by atoms with E-state index in [9.17, 15) is 4.79 Å². The van der Waals surface area contributed by atoms with Gasteiger partial charge in [0.15, 0.2) is 10.8 Å². The minimum Gasteiger partial charge on any atom is -0.301 e. The first-order chi connectivity index (χ1) is 11.2. The zero-order chi connectivity index (χ0) is 16.2. The second-order valence-corrected chi connectivity index (χ2v) is 6.72. The lowest BCUT2D eigenvalue weighted by Crippen LogP contribution is -2.09. The average molecular weight is 349 g/mol. The summed E-state index contributed by atoms with van der Waals surface area (Å²) in [5.41, 5.74) is 1.23. The number of nitrogens with one attached hydrogen (secondary N) is 1. The Morgan fingerprint density at radius 3 is 2.78 bits per heavy atom. The average Bonchev–Trinajstić information content (AvgIpc) is 2.97. The van der Waals surface area contributed by atoms with Gasteiger partial charge in [0, 0.05) is 10.8 Å². The molecule has 0 fully saturated rings. The maximum Gasteiger partial charge on any atom is 0.262 e. The summed E-state index contributed by atoms with van der Waals surface area (Å²) in [7, 11) is 0. The van der Waals surface area contributed by atoms with Crippen molar-refractivity contribution in [3.8, 4) is 5.69 Å². The second-order valence-electron chi connectivity index (χ2n) is 5.20. The van der Waals surface area contributed by atoms with E-state index in [0.29, 0.717) is 21.2 Å². The van der Waals surface area contributed by atoms with E-state index in [1.807, 2.05) is 12.1 Å². The molecule has 2 heterocycles. The van der Waals surface area contributed by atoms with Gasteiger partial charge in [-0.05, 0) is 30.7 Å². The number of aromatic nitrogens is 4. The second kappa shape index (κ2) is 7.19. The Morgan fingerprint density at radius 1 is 1.26 bits per heavy atom. The Bertz CT molecular complexity index is 857. The minimum absolute atomic E-state index is 0.159. The number of aromatic amines is 1. The van der Waals surface area contributed by atoms with Gasteiger partial charge in [-0.1, -0.05) is 43.1 Å². The molecule has 0 bridgehead atoms. The molecule has 0 amide bonds. The Balaban J connectivity index is 1.95. The quantitative estimate of drug-likeness (QED) is 0.415. The molecular weight excluding hydrogens is 332 g/mol. The van der Waals surface area contributed by atoms with E-state index in [1.54, 1.807) is 34.8 Å². The third-order valence-corrected chi connectivity index (χ3v) is 4.69. The van der Waals surface area contributed by atoms with Crippen molar-refractivity contribution in [2.24, 2.45) is 0 Å². The normalized spacial score (nSPS) is 11.2. The van der Waals surface area contributed by atoms with Crippen molar-refractivity contribution in [1.82, 2.24) is 19.7 Å². The summed E-state index contributed by atoms with van der Waals surface area (Å²) in [6, 6.07) is 7.29. The van der Waals surface area contributed by atoms with Crippen molar-refractivity contribution >= 4 is 34.4 Å². The molecule has 0 aliphatic rings. The zero-order valence-corrected chi connectivity index (χ0v) is 14.3. The van der Waals surface area contributed by atoms with Gasteiger partial charge in [0.05, 0.1) is 11.9 Å². The predicted molar refractivity (Wildman–Crippen MR) is 94.7 cm³/mol. The third-order valence-electron chi connectivity index (χ3n) is 3.47. The highest BCUT2D eigenvalue weighted by atomic mass is 35.5. The van der Waals surface area contributed by atoms with Gasteiger partial charge in [-0.25, -0.2) is 9.67 Å². The number of H-pyrrole nitrogens is 1. The van der Waals surface area contributed by atoms with Crippen molar-refractivity contribution in [2.45, 2.75) is 31.3 Å². The van der Waals surface area contributed by atoms with Gasteiger partial charge in [-0.3, -0.25) is 4.79 Å². The van der Waals surface area contributed by atoms with Gasteiger partial charge < -0.3 is 4.98 Å². The number of nitrogens with zero attached hydrogens (tertiary/aromatic N) is 3. The van der Waals surface area contributed by atoms with Crippen molar-refractivity contribution in [3.05, 3.63) is 45.8 Å². The number of hydrogen-bond donors (Lipinski definition) is 1. The monoisotopic (exact) mass is 348 g/mol. The summed E-state index contributed by atoms with van der Waals surface area (Å²) in [5.74, 6) is 0.942. The maximum atomic E-state index is 12.2. The number of rotatable bonds is 6. The number of benzene rings is 1. The summed E-state index contributed by atoms with van der Waals surface area (Å²) in [5, 5.41) is 6.06. The van der Waals surface area contributed by atoms with Crippen LogP contribution >= 0.6 is 23.4 Å². The van der Waals surface area contributed by atoms with Crippen molar-refractivity contribution < 1.29 is 0 Å². The predicted octanol–water partition coefficient (Wildman–Crippen LogP) is 4.04. The van der Waals surface area contributed by atoms with Crippen LogP contribution in [0, 0.1) is 0 Å². The summed E-state index contributed by atoms with van der Waals surface area (Å²) in [6.45, 7) is 2.17. The van der Waals surface area contributed by atoms with Gasteiger partial charge in [0.2, 0.25) is 0 Å². The third kappa shape index (κ3) is 3.59. The smallest absolute Gasteiger partial charge is 0.262 e. The van der Waals surface area contributed by atoms with Crippen LogP contribution in [0.3, 0.4) is 0 Å². The minimum atomic E-state index is -0.159. The van der Waals surface area contributed by atoms with Crippen LogP contribution in [0.1, 0.15) is 26.2 Å². The molecule has 0 unspecified atom stereocenters. The van der Waals surface area contributed by atoms with E-state index in [4.69, 9.17) is 11.6 Å². The number of thioether (sulfide) groups is 1. The number of hydrogen-bond acceptors (Lipinski definition) is 4. The molecule has 3 aromatic rings. The molecule has 23 heavy (non-hydrogen) atoms. The van der Waals surface area contributed by atoms with Crippen LogP contribution in [-0.2, 0) is 0 Å². The van der Waals surface area contributed by atoms with Crippen LogP contribution in [0.5, 0.6) is 0 Å². The summed E-state index contributed by atoms with van der Waals surface area (Å²) < 4.78 is 1.66. The van der Waals surface area contributed by atoms with Crippen LogP contribution in [0.2, 0.25) is 5.02 Å². The summed E-state index contributed by atoms with van der Waals surface area (Å²) >= 11 is 7.49. The lowest BCUT2D eigenvalue weighted by atomic mass is 10.3. The molecule has 0 radical (unpaired) electrons. The summed E-state index contributed by atoms with van der Waals surface area (Å²) in [6.07, 6.45) is 5.01. The molecule has 1 aromatic carbocycles. The Kier molecular flexibility index (Phi) is 5.03. The molecule has 5 nitrogen and oxygen atoms in total. The molecule has 0 spiro atoms. The van der Waals surface area contributed by atoms with E-state index in [0.717, 1.165) is 17.9 Å². The van der Waals surface area contributed by atoms with E-state index in [1.165, 1.54) is 12.8 Å². The lowest BCUT2D eigenvalue weighted by Gasteiger charge is -2.04. The highest BCUT2D eigenvalue weighted by Gasteiger charge is 2.11. The molecular formula is C16H17ClN4OS. The molecule has 0 atom stereocenters. The molecule has 1 N–H and O–H groups in total. The topological polar surface area (TPSA) is 63.6 Å². The van der Waals surface area contributed by atoms with Crippen LogP contribution in [0.25, 0.3) is 16.7 Å². The first-order valence-corrected chi connectivity index (χ1v) is 8.92. The molecule has 0 saturated heterocycles. The fourth-order valence-corrected chi connectivity index (χ4v) is 3.24. The first kappa shape index (κ1) is 16.1. The van der Waals surface area contributed by atoms with Crippen LogP contribution < -0.4 is 5.56 Å². The standard InChI is InChI=1S/C16H17ClN4OS/c1-2-3-4-9-23-16-19-14-13(15(22)20-16)10-18-21(14)12-7-5-11(17)6-8-12/h5-8,10H,2-4,9H2,1H3,(H,19,20,22). The maximum absolute atomic E-state index is 12.2. The fraction of sp³-hybridized carbons (Fsp3) is 0.312. The van der Waals surface area contributed by atoms with Crippen LogP contribution in [-0.4, -0.2) is 25.5 Å². The van der Waals surface area contributed by atoms with Crippen molar-refractivity contribution in [2.75, 3.05) is 5.75 Å². The van der Waals surface area contributed by atoms with Crippen molar-refractivity contribution in [1.29, 1.82) is 0 Å². The number of halogens is 1. The van der Waals surface area contributed by atoms with Gasteiger partial charge in [-0.15, -0.1) is 0 Å². The Hall–Kier alpha value is -1.79. The van der Waals surface area contributed by atoms with Crippen LogP contribution in [0.15, 0.2) is 40.4 Å². The van der Waals surface area contributed by atoms with Crippen molar-refractivity contribution in [3.63, 3.8) is 0 Å². The molecule has 120 valence electrons. The Morgan fingerprint density at radius 2 is 2.04 bits per heavy atom. The molecule has 3 rings (SSSR count).